The Balaban J connectivity index is 2.59. The SMILES string of the molecule is COc1ccccc1NC(=O)CCCO. The standard InChI is InChI=1S/C11H15NO3/c1-15-10-6-3-2-5-9(10)12-11(14)7-4-8-13/h2-3,5-6,13H,4,7-8H2,1H3,(H,12,14). The maximum Gasteiger partial charge on any atom is 0.224 e. The van der Waals surface area contributed by atoms with Gasteiger partial charge in [0.25, 0.3) is 0 Å². The normalized spacial score (nSPS) is 9.73. The summed E-state index contributed by atoms with van der Waals surface area (Å²) in [7, 11) is 1.55. The van der Waals surface area contributed by atoms with Gasteiger partial charge in [0.15, 0.2) is 0 Å². The second-order valence-corrected chi connectivity index (χ2v) is 3.08. The quantitative estimate of drug-likeness (QED) is 0.770. The number of para-hydroxylation sites is 2. The fraction of sp³-hybridized carbons (Fsp3) is 0.364. The van der Waals surface area contributed by atoms with Crippen LogP contribution in [0.25, 0.3) is 0 Å². The highest BCUT2D eigenvalue weighted by molar-refractivity contribution is 5.92. The van der Waals surface area contributed by atoms with Crippen LogP contribution in [0.1, 0.15) is 12.8 Å². The number of hydrogen-bond acceptors (Lipinski definition) is 3. The molecular formula is C11H15NO3. The molecule has 0 bridgehead atoms. The molecule has 0 atom stereocenters. The Morgan fingerprint density at radius 1 is 1.47 bits per heavy atom. The fourth-order valence-corrected chi connectivity index (χ4v) is 1.20. The van der Waals surface area contributed by atoms with Gasteiger partial charge in [0, 0.05) is 13.0 Å². The smallest absolute Gasteiger partial charge is 0.224 e. The van der Waals surface area contributed by atoms with Gasteiger partial charge in [0.05, 0.1) is 12.8 Å². The van der Waals surface area contributed by atoms with Crippen molar-refractivity contribution in [3.63, 3.8) is 0 Å². The van der Waals surface area contributed by atoms with Crippen molar-refractivity contribution in [1.82, 2.24) is 0 Å². The van der Waals surface area contributed by atoms with Crippen molar-refractivity contribution < 1.29 is 14.6 Å². The third-order valence-electron chi connectivity index (χ3n) is 1.94. The minimum atomic E-state index is -0.117. The Labute approximate surface area is 88.9 Å². The molecule has 0 radical (unpaired) electrons. The number of benzene rings is 1. The van der Waals surface area contributed by atoms with Crippen molar-refractivity contribution in [3.05, 3.63) is 24.3 Å². The van der Waals surface area contributed by atoms with E-state index in [-0.39, 0.29) is 12.5 Å². The monoisotopic (exact) mass is 209 g/mol. The molecule has 15 heavy (non-hydrogen) atoms. The van der Waals surface area contributed by atoms with Crippen LogP contribution < -0.4 is 10.1 Å². The Morgan fingerprint density at radius 3 is 2.87 bits per heavy atom. The molecule has 1 amide bonds. The first-order valence-electron chi connectivity index (χ1n) is 4.81. The van der Waals surface area contributed by atoms with Gasteiger partial charge in [0.2, 0.25) is 5.91 Å². The molecule has 1 rings (SSSR count). The van der Waals surface area contributed by atoms with Gasteiger partial charge in [-0.3, -0.25) is 4.79 Å². The largest absolute Gasteiger partial charge is 0.495 e. The molecule has 4 heteroatoms. The summed E-state index contributed by atoms with van der Waals surface area (Å²) in [5, 5.41) is 11.3. The van der Waals surface area contributed by atoms with E-state index in [1.807, 2.05) is 12.1 Å². The van der Waals surface area contributed by atoms with Crippen LogP contribution >= 0.6 is 0 Å². The van der Waals surface area contributed by atoms with E-state index in [0.29, 0.717) is 24.3 Å². The molecule has 0 aromatic heterocycles. The number of aliphatic hydroxyl groups is 1. The third-order valence-corrected chi connectivity index (χ3v) is 1.94. The molecule has 0 unspecified atom stereocenters. The third kappa shape index (κ3) is 3.59. The number of rotatable bonds is 5. The summed E-state index contributed by atoms with van der Waals surface area (Å²) < 4.78 is 5.09. The van der Waals surface area contributed by atoms with E-state index in [4.69, 9.17) is 9.84 Å². The van der Waals surface area contributed by atoms with Gasteiger partial charge < -0.3 is 15.2 Å². The number of nitrogens with one attached hydrogen (secondary N) is 1. The van der Waals surface area contributed by atoms with Crippen molar-refractivity contribution in [2.45, 2.75) is 12.8 Å². The highest BCUT2D eigenvalue weighted by Crippen LogP contribution is 2.22. The number of amides is 1. The Morgan fingerprint density at radius 2 is 2.20 bits per heavy atom. The minimum absolute atomic E-state index is 0.0271. The van der Waals surface area contributed by atoms with Gasteiger partial charge >= 0.3 is 0 Å². The first-order chi connectivity index (χ1) is 7.27. The molecule has 0 heterocycles. The van der Waals surface area contributed by atoms with Gasteiger partial charge in [-0.2, -0.15) is 0 Å². The average molecular weight is 209 g/mol. The molecule has 0 aliphatic carbocycles. The van der Waals surface area contributed by atoms with Crippen molar-refractivity contribution in [2.24, 2.45) is 0 Å². The maximum atomic E-state index is 11.4. The van der Waals surface area contributed by atoms with Crippen LogP contribution in [0.3, 0.4) is 0 Å². The molecule has 0 saturated carbocycles. The molecule has 0 aliphatic heterocycles. The Hall–Kier alpha value is -1.55. The first kappa shape index (κ1) is 11.5. The number of aliphatic hydroxyl groups excluding tert-OH is 1. The lowest BCUT2D eigenvalue weighted by Crippen LogP contribution is -2.12. The van der Waals surface area contributed by atoms with E-state index in [1.54, 1.807) is 19.2 Å². The van der Waals surface area contributed by atoms with Crippen molar-refractivity contribution in [2.75, 3.05) is 19.0 Å². The van der Waals surface area contributed by atoms with E-state index in [0.717, 1.165) is 0 Å². The topological polar surface area (TPSA) is 58.6 Å². The lowest BCUT2D eigenvalue weighted by Gasteiger charge is -2.09. The zero-order chi connectivity index (χ0) is 11.1. The van der Waals surface area contributed by atoms with Gasteiger partial charge in [-0.15, -0.1) is 0 Å². The first-order valence-corrected chi connectivity index (χ1v) is 4.81. The Bertz CT molecular complexity index is 325. The highest BCUT2D eigenvalue weighted by Gasteiger charge is 2.05. The number of anilines is 1. The van der Waals surface area contributed by atoms with E-state index >= 15 is 0 Å². The lowest BCUT2D eigenvalue weighted by molar-refractivity contribution is -0.116. The summed E-state index contributed by atoms with van der Waals surface area (Å²) in [6.45, 7) is 0.0271. The van der Waals surface area contributed by atoms with Crippen LogP contribution in [0.5, 0.6) is 5.75 Å². The second kappa shape index (κ2) is 6.03. The van der Waals surface area contributed by atoms with Crippen LogP contribution in [0.4, 0.5) is 5.69 Å². The predicted molar refractivity (Wildman–Crippen MR) is 57.9 cm³/mol. The molecule has 0 fully saturated rings. The molecule has 0 saturated heterocycles. The molecule has 0 spiro atoms. The minimum Gasteiger partial charge on any atom is -0.495 e. The molecule has 1 aromatic rings. The zero-order valence-corrected chi connectivity index (χ0v) is 8.69. The second-order valence-electron chi connectivity index (χ2n) is 3.08. The van der Waals surface area contributed by atoms with Crippen LogP contribution in [-0.4, -0.2) is 24.7 Å². The zero-order valence-electron chi connectivity index (χ0n) is 8.69. The number of carbonyl (C=O) groups is 1. The number of hydrogen-bond donors (Lipinski definition) is 2. The summed E-state index contributed by atoms with van der Waals surface area (Å²) in [6.07, 6.45) is 0.787. The number of carbonyl (C=O) groups excluding carboxylic acids is 1. The van der Waals surface area contributed by atoms with Crippen molar-refractivity contribution in [3.8, 4) is 5.75 Å². The Kier molecular flexibility index (Phi) is 4.63. The molecule has 4 nitrogen and oxygen atoms in total. The predicted octanol–water partition coefficient (Wildman–Crippen LogP) is 1.41. The molecule has 2 N–H and O–H groups in total. The lowest BCUT2D eigenvalue weighted by atomic mass is 10.2. The van der Waals surface area contributed by atoms with Crippen molar-refractivity contribution >= 4 is 11.6 Å². The van der Waals surface area contributed by atoms with Crippen LogP contribution in [0.2, 0.25) is 0 Å². The fourth-order valence-electron chi connectivity index (χ4n) is 1.20. The molecular weight excluding hydrogens is 194 g/mol. The number of methoxy groups -OCH3 is 1. The number of ether oxygens (including phenoxy) is 1. The molecule has 1 aromatic carbocycles. The van der Waals surface area contributed by atoms with Gasteiger partial charge in [0.1, 0.15) is 5.75 Å². The van der Waals surface area contributed by atoms with E-state index in [1.165, 1.54) is 0 Å². The highest BCUT2D eigenvalue weighted by atomic mass is 16.5. The molecule has 82 valence electrons. The van der Waals surface area contributed by atoms with Crippen LogP contribution in [0, 0.1) is 0 Å². The van der Waals surface area contributed by atoms with Gasteiger partial charge in [-0.1, -0.05) is 12.1 Å². The van der Waals surface area contributed by atoms with E-state index < -0.39 is 0 Å². The summed E-state index contributed by atoms with van der Waals surface area (Å²) >= 11 is 0. The van der Waals surface area contributed by atoms with Crippen LogP contribution in [0.15, 0.2) is 24.3 Å². The van der Waals surface area contributed by atoms with Gasteiger partial charge in [-0.25, -0.2) is 0 Å². The summed E-state index contributed by atoms with van der Waals surface area (Å²) in [5.74, 6) is 0.517. The summed E-state index contributed by atoms with van der Waals surface area (Å²) in [5.41, 5.74) is 0.655. The van der Waals surface area contributed by atoms with E-state index in [2.05, 4.69) is 5.32 Å². The van der Waals surface area contributed by atoms with Crippen LogP contribution in [-0.2, 0) is 4.79 Å². The maximum absolute atomic E-state index is 11.4. The van der Waals surface area contributed by atoms with E-state index in [9.17, 15) is 4.79 Å². The average Bonchev–Trinajstić information content (AvgIpc) is 2.27. The van der Waals surface area contributed by atoms with Crippen molar-refractivity contribution in [1.29, 1.82) is 0 Å². The van der Waals surface area contributed by atoms with Gasteiger partial charge in [-0.05, 0) is 18.6 Å². The summed E-state index contributed by atoms with van der Waals surface area (Å²) in [6, 6.07) is 7.21. The molecule has 0 aliphatic rings. The summed E-state index contributed by atoms with van der Waals surface area (Å²) in [4.78, 5) is 11.4.